The molecule has 0 aliphatic heterocycles. The summed E-state index contributed by atoms with van der Waals surface area (Å²) in [5, 5.41) is 2.86. The molecule has 0 saturated heterocycles. The fraction of sp³-hybridized carbons (Fsp3) is 0.316. The van der Waals surface area contributed by atoms with Gasteiger partial charge in [-0.1, -0.05) is 45.0 Å². The number of carbonyl (C=O) groups excluding carboxylic acids is 1. The van der Waals surface area contributed by atoms with Crippen LogP contribution in [0.25, 0.3) is 0 Å². The SMILES string of the molecule is CC(Oc1ccc(C(C)(C)C)cc1)C(=O)Nc1ccccc1Br. The van der Waals surface area contributed by atoms with E-state index in [4.69, 9.17) is 4.74 Å². The summed E-state index contributed by atoms with van der Waals surface area (Å²) in [4.78, 5) is 12.2. The molecule has 1 N–H and O–H groups in total. The van der Waals surface area contributed by atoms with Crippen molar-refractivity contribution in [1.29, 1.82) is 0 Å². The lowest BCUT2D eigenvalue weighted by molar-refractivity contribution is -0.122. The van der Waals surface area contributed by atoms with E-state index in [1.165, 1.54) is 5.56 Å². The Bertz CT molecular complexity index is 675. The fourth-order valence-corrected chi connectivity index (χ4v) is 2.47. The number of amides is 1. The average Bonchev–Trinajstić information content (AvgIpc) is 2.49. The Kier molecular flexibility index (Phi) is 5.47. The Hall–Kier alpha value is -1.81. The van der Waals surface area contributed by atoms with Gasteiger partial charge in [-0.05, 0) is 58.1 Å². The van der Waals surface area contributed by atoms with E-state index < -0.39 is 6.10 Å². The fourth-order valence-electron chi connectivity index (χ4n) is 2.09. The van der Waals surface area contributed by atoms with E-state index in [0.717, 1.165) is 10.2 Å². The van der Waals surface area contributed by atoms with E-state index in [2.05, 4.69) is 42.0 Å². The normalized spacial score (nSPS) is 12.6. The van der Waals surface area contributed by atoms with Crippen LogP contribution >= 0.6 is 15.9 Å². The van der Waals surface area contributed by atoms with Crippen LogP contribution in [0, 0.1) is 0 Å². The minimum atomic E-state index is -0.581. The summed E-state index contributed by atoms with van der Waals surface area (Å²) in [6.07, 6.45) is -0.581. The molecule has 0 bridgehead atoms. The predicted molar refractivity (Wildman–Crippen MR) is 98.0 cm³/mol. The van der Waals surface area contributed by atoms with Crippen LogP contribution in [-0.4, -0.2) is 12.0 Å². The van der Waals surface area contributed by atoms with Crippen molar-refractivity contribution in [2.45, 2.75) is 39.2 Å². The molecule has 1 amide bonds. The van der Waals surface area contributed by atoms with Gasteiger partial charge in [-0.3, -0.25) is 4.79 Å². The minimum Gasteiger partial charge on any atom is -0.481 e. The summed E-state index contributed by atoms with van der Waals surface area (Å²) in [5.74, 6) is 0.504. The Labute approximate surface area is 146 Å². The van der Waals surface area contributed by atoms with Crippen LogP contribution in [-0.2, 0) is 10.2 Å². The molecule has 3 nitrogen and oxygen atoms in total. The number of rotatable bonds is 4. The maximum atomic E-state index is 12.2. The van der Waals surface area contributed by atoms with Gasteiger partial charge >= 0.3 is 0 Å². The van der Waals surface area contributed by atoms with Crippen LogP contribution in [0.4, 0.5) is 5.69 Å². The van der Waals surface area contributed by atoms with E-state index in [1.54, 1.807) is 6.92 Å². The second kappa shape index (κ2) is 7.18. The van der Waals surface area contributed by atoms with Gasteiger partial charge < -0.3 is 10.1 Å². The smallest absolute Gasteiger partial charge is 0.265 e. The molecule has 0 heterocycles. The molecule has 1 atom stereocenters. The predicted octanol–water partition coefficient (Wildman–Crippen LogP) is 5.15. The number of halogens is 1. The number of anilines is 1. The highest BCUT2D eigenvalue weighted by molar-refractivity contribution is 9.10. The summed E-state index contributed by atoms with van der Waals surface area (Å²) in [5.41, 5.74) is 2.06. The summed E-state index contributed by atoms with van der Waals surface area (Å²) in [6, 6.07) is 15.4. The van der Waals surface area contributed by atoms with Crippen molar-refractivity contribution < 1.29 is 9.53 Å². The van der Waals surface area contributed by atoms with Crippen molar-refractivity contribution in [1.82, 2.24) is 0 Å². The number of para-hydroxylation sites is 1. The summed E-state index contributed by atoms with van der Waals surface area (Å²) in [6.45, 7) is 8.23. The monoisotopic (exact) mass is 375 g/mol. The van der Waals surface area contributed by atoms with Crippen molar-refractivity contribution in [3.8, 4) is 5.75 Å². The van der Waals surface area contributed by atoms with Crippen molar-refractivity contribution in [3.63, 3.8) is 0 Å². The van der Waals surface area contributed by atoms with Gasteiger partial charge in [-0.25, -0.2) is 0 Å². The van der Waals surface area contributed by atoms with Gasteiger partial charge in [0.25, 0.3) is 5.91 Å². The summed E-state index contributed by atoms with van der Waals surface area (Å²) < 4.78 is 6.57. The third kappa shape index (κ3) is 4.83. The quantitative estimate of drug-likeness (QED) is 0.801. The van der Waals surface area contributed by atoms with E-state index in [-0.39, 0.29) is 11.3 Å². The van der Waals surface area contributed by atoms with Crippen LogP contribution in [0.1, 0.15) is 33.3 Å². The van der Waals surface area contributed by atoms with E-state index >= 15 is 0 Å². The van der Waals surface area contributed by atoms with Gasteiger partial charge in [0, 0.05) is 4.47 Å². The van der Waals surface area contributed by atoms with Gasteiger partial charge in [0.1, 0.15) is 5.75 Å². The molecular formula is C19H22BrNO2. The van der Waals surface area contributed by atoms with Gasteiger partial charge in [0.05, 0.1) is 5.69 Å². The van der Waals surface area contributed by atoms with E-state index in [9.17, 15) is 4.79 Å². The van der Waals surface area contributed by atoms with Crippen LogP contribution in [0.15, 0.2) is 53.0 Å². The van der Waals surface area contributed by atoms with Crippen LogP contribution in [0.2, 0.25) is 0 Å². The Morgan fingerprint density at radius 2 is 1.70 bits per heavy atom. The zero-order valence-electron chi connectivity index (χ0n) is 13.9. The highest BCUT2D eigenvalue weighted by atomic mass is 79.9. The molecule has 2 aromatic carbocycles. The molecule has 2 rings (SSSR count). The first-order valence-corrected chi connectivity index (χ1v) is 8.39. The van der Waals surface area contributed by atoms with Crippen LogP contribution in [0.3, 0.4) is 0 Å². The zero-order valence-corrected chi connectivity index (χ0v) is 15.5. The molecule has 0 fully saturated rings. The number of carbonyl (C=O) groups is 1. The topological polar surface area (TPSA) is 38.3 Å². The van der Waals surface area contributed by atoms with Gasteiger partial charge in [-0.15, -0.1) is 0 Å². The first-order valence-electron chi connectivity index (χ1n) is 7.60. The first-order chi connectivity index (χ1) is 10.8. The third-order valence-electron chi connectivity index (χ3n) is 3.53. The molecule has 1 unspecified atom stereocenters. The molecule has 0 aromatic heterocycles. The van der Waals surface area contributed by atoms with Crippen molar-refractivity contribution in [3.05, 3.63) is 58.6 Å². The number of benzene rings is 2. The molecule has 0 spiro atoms. The molecule has 4 heteroatoms. The summed E-state index contributed by atoms with van der Waals surface area (Å²) in [7, 11) is 0. The van der Waals surface area contributed by atoms with Crippen molar-refractivity contribution in [2.75, 3.05) is 5.32 Å². The largest absolute Gasteiger partial charge is 0.481 e. The molecule has 2 aromatic rings. The lowest BCUT2D eigenvalue weighted by atomic mass is 9.87. The number of hydrogen-bond acceptors (Lipinski definition) is 2. The average molecular weight is 376 g/mol. The van der Waals surface area contributed by atoms with Gasteiger partial charge in [-0.2, -0.15) is 0 Å². The standard InChI is InChI=1S/C19H22BrNO2/c1-13(18(22)21-17-8-6-5-7-16(17)20)23-15-11-9-14(10-12-15)19(2,3)4/h5-13H,1-4H3,(H,21,22). The van der Waals surface area contributed by atoms with E-state index in [1.807, 2.05) is 48.5 Å². The Balaban J connectivity index is 2.00. The number of ether oxygens (including phenoxy) is 1. The Morgan fingerprint density at radius 3 is 2.26 bits per heavy atom. The van der Waals surface area contributed by atoms with Crippen LogP contribution in [0.5, 0.6) is 5.75 Å². The van der Waals surface area contributed by atoms with Gasteiger partial charge in [0.2, 0.25) is 0 Å². The maximum Gasteiger partial charge on any atom is 0.265 e. The molecular weight excluding hydrogens is 354 g/mol. The highest BCUT2D eigenvalue weighted by Gasteiger charge is 2.17. The Morgan fingerprint density at radius 1 is 1.09 bits per heavy atom. The first kappa shape index (κ1) is 17.5. The maximum absolute atomic E-state index is 12.2. The molecule has 23 heavy (non-hydrogen) atoms. The number of nitrogens with one attached hydrogen (secondary N) is 1. The van der Waals surface area contributed by atoms with Crippen molar-refractivity contribution in [2.24, 2.45) is 0 Å². The zero-order chi connectivity index (χ0) is 17.0. The van der Waals surface area contributed by atoms with Gasteiger partial charge in [0.15, 0.2) is 6.10 Å². The second-order valence-electron chi connectivity index (χ2n) is 6.50. The minimum absolute atomic E-state index is 0.0983. The lowest BCUT2D eigenvalue weighted by Gasteiger charge is -2.20. The molecule has 0 radical (unpaired) electrons. The third-order valence-corrected chi connectivity index (χ3v) is 4.23. The molecule has 0 aliphatic carbocycles. The molecule has 0 saturated carbocycles. The van der Waals surface area contributed by atoms with E-state index in [0.29, 0.717) is 5.75 Å². The number of hydrogen-bond donors (Lipinski definition) is 1. The molecule has 122 valence electrons. The summed E-state index contributed by atoms with van der Waals surface area (Å²) >= 11 is 3.41. The second-order valence-corrected chi connectivity index (χ2v) is 7.36. The lowest BCUT2D eigenvalue weighted by Crippen LogP contribution is -2.30. The van der Waals surface area contributed by atoms with Crippen molar-refractivity contribution >= 4 is 27.5 Å². The molecule has 0 aliphatic rings. The highest BCUT2D eigenvalue weighted by Crippen LogP contribution is 2.25. The van der Waals surface area contributed by atoms with Crippen LogP contribution < -0.4 is 10.1 Å².